The molecular formula is C16H14BrN5O2. The second kappa shape index (κ2) is 6.32. The van der Waals surface area contributed by atoms with Crippen LogP contribution < -0.4 is 16.8 Å². The number of fused-ring (bicyclic) bond motifs is 1. The molecule has 2 heterocycles. The van der Waals surface area contributed by atoms with Crippen molar-refractivity contribution in [2.75, 3.05) is 5.73 Å². The van der Waals surface area contributed by atoms with Crippen LogP contribution in [0.2, 0.25) is 0 Å². The van der Waals surface area contributed by atoms with Crippen molar-refractivity contribution >= 4 is 44.5 Å². The Hall–Kier alpha value is -2.87. The molecule has 3 rings (SSSR count). The topological polar surface area (TPSA) is 127 Å². The highest BCUT2D eigenvalue weighted by Crippen LogP contribution is 2.17. The lowest BCUT2D eigenvalue weighted by molar-refractivity contribution is 0.0946. The molecule has 0 unspecified atom stereocenters. The molecule has 3 aromatic rings. The van der Waals surface area contributed by atoms with Crippen molar-refractivity contribution in [1.82, 2.24) is 15.3 Å². The molecule has 0 fully saturated rings. The maximum Gasteiger partial charge on any atom is 0.268 e. The summed E-state index contributed by atoms with van der Waals surface area (Å²) in [7, 11) is 0. The average Bonchev–Trinajstić information content (AvgIpc) is 2.95. The number of nitrogens with one attached hydrogen (secondary N) is 2. The number of anilines is 1. The van der Waals surface area contributed by atoms with E-state index < -0.39 is 5.91 Å². The van der Waals surface area contributed by atoms with E-state index in [-0.39, 0.29) is 12.5 Å². The summed E-state index contributed by atoms with van der Waals surface area (Å²) < 4.78 is 0.683. The van der Waals surface area contributed by atoms with E-state index in [0.717, 1.165) is 5.39 Å². The average molecular weight is 388 g/mol. The number of carbonyl (C=O) groups excluding carboxylic acids is 2. The zero-order valence-corrected chi connectivity index (χ0v) is 14.1. The molecule has 122 valence electrons. The summed E-state index contributed by atoms with van der Waals surface area (Å²) in [6.07, 6.45) is 0. The van der Waals surface area contributed by atoms with Crippen molar-refractivity contribution in [3.8, 4) is 0 Å². The molecule has 7 nitrogen and oxygen atoms in total. The Labute approximate surface area is 145 Å². The van der Waals surface area contributed by atoms with E-state index in [9.17, 15) is 9.59 Å². The molecule has 0 radical (unpaired) electrons. The number of aromatic amines is 1. The van der Waals surface area contributed by atoms with Crippen LogP contribution in [-0.4, -0.2) is 21.8 Å². The van der Waals surface area contributed by atoms with Crippen molar-refractivity contribution < 1.29 is 9.59 Å². The van der Waals surface area contributed by atoms with Crippen LogP contribution in [0.1, 0.15) is 26.4 Å². The number of hydrogen-bond acceptors (Lipinski definition) is 4. The molecule has 8 heteroatoms. The first kappa shape index (κ1) is 16.0. The lowest BCUT2D eigenvalue weighted by Gasteiger charge is -2.07. The van der Waals surface area contributed by atoms with Gasteiger partial charge in [-0.25, -0.2) is 4.98 Å². The first-order valence-corrected chi connectivity index (χ1v) is 7.84. The first-order valence-electron chi connectivity index (χ1n) is 7.05. The Kier molecular flexibility index (Phi) is 4.22. The molecule has 0 aliphatic heterocycles. The van der Waals surface area contributed by atoms with E-state index in [1.165, 1.54) is 6.07 Å². The minimum absolute atomic E-state index is 0.219. The molecule has 0 aliphatic carbocycles. The van der Waals surface area contributed by atoms with Crippen LogP contribution in [-0.2, 0) is 6.54 Å². The fourth-order valence-electron chi connectivity index (χ4n) is 2.34. The molecule has 1 aromatic carbocycles. The van der Waals surface area contributed by atoms with Gasteiger partial charge in [0.05, 0.1) is 0 Å². The molecule has 0 spiro atoms. The van der Waals surface area contributed by atoms with E-state index in [4.69, 9.17) is 11.5 Å². The van der Waals surface area contributed by atoms with Crippen LogP contribution in [0.25, 0.3) is 11.0 Å². The number of primary amides is 1. The number of hydrogen-bond donors (Lipinski definition) is 4. The van der Waals surface area contributed by atoms with Gasteiger partial charge in [-0.2, -0.15) is 0 Å². The second-order valence-electron chi connectivity index (χ2n) is 5.27. The van der Waals surface area contributed by atoms with Crippen molar-refractivity contribution in [2.45, 2.75) is 6.54 Å². The highest BCUT2D eigenvalue weighted by atomic mass is 79.9. The summed E-state index contributed by atoms with van der Waals surface area (Å²) in [5.41, 5.74) is 13.4. The molecule has 2 amide bonds. The molecule has 0 bridgehead atoms. The summed E-state index contributed by atoms with van der Waals surface area (Å²) in [5, 5.41) is 3.60. The van der Waals surface area contributed by atoms with Gasteiger partial charge in [0.2, 0.25) is 5.91 Å². The summed E-state index contributed by atoms with van der Waals surface area (Å²) in [6, 6.07) is 10.2. The van der Waals surface area contributed by atoms with Crippen LogP contribution in [0.3, 0.4) is 0 Å². The lowest BCUT2D eigenvalue weighted by atomic mass is 10.1. The predicted octanol–water partition coefficient (Wildman–Crippen LogP) is 1.94. The number of aromatic nitrogens is 2. The molecule has 0 saturated carbocycles. The first-order chi connectivity index (χ1) is 11.4. The Morgan fingerprint density at radius 3 is 2.75 bits per heavy atom. The van der Waals surface area contributed by atoms with Gasteiger partial charge in [-0.05, 0) is 57.9 Å². The zero-order valence-electron chi connectivity index (χ0n) is 12.5. The van der Waals surface area contributed by atoms with Crippen molar-refractivity contribution in [3.05, 3.63) is 57.8 Å². The minimum atomic E-state index is -0.567. The summed E-state index contributed by atoms with van der Waals surface area (Å²) in [4.78, 5) is 30.7. The van der Waals surface area contributed by atoms with E-state index in [1.807, 2.05) is 6.07 Å². The number of nitrogens with zero attached hydrogens (tertiary/aromatic N) is 1. The van der Waals surface area contributed by atoms with E-state index >= 15 is 0 Å². The van der Waals surface area contributed by atoms with Crippen molar-refractivity contribution in [1.29, 1.82) is 0 Å². The maximum absolute atomic E-state index is 12.3. The number of H-pyrrole nitrogens is 1. The molecule has 0 saturated heterocycles. The monoisotopic (exact) mass is 387 g/mol. The Balaban J connectivity index is 1.76. The van der Waals surface area contributed by atoms with E-state index in [0.29, 0.717) is 32.8 Å². The number of pyridine rings is 1. The normalized spacial score (nSPS) is 10.7. The van der Waals surface area contributed by atoms with E-state index in [2.05, 4.69) is 31.2 Å². The number of nitrogen functional groups attached to an aromatic ring is 1. The standard InChI is InChI=1S/C16H14BrN5O2/c17-13-2-1-9-6-12(21-15(9)22-13)16(24)20-7-8-3-10(14(19)23)5-11(18)4-8/h1-6H,7,18H2,(H2,19,23)(H,20,24)(H,21,22). The Morgan fingerprint density at radius 1 is 1.21 bits per heavy atom. The largest absolute Gasteiger partial charge is 0.399 e. The predicted molar refractivity (Wildman–Crippen MR) is 94.3 cm³/mol. The molecule has 0 aliphatic rings. The van der Waals surface area contributed by atoms with Crippen LogP contribution >= 0.6 is 15.9 Å². The summed E-state index contributed by atoms with van der Waals surface area (Å²) in [6.45, 7) is 0.219. The smallest absolute Gasteiger partial charge is 0.268 e. The quantitative estimate of drug-likeness (QED) is 0.402. The van der Waals surface area contributed by atoms with Gasteiger partial charge >= 0.3 is 0 Å². The highest BCUT2D eigenvalue weighted by Gasteiger charge is 2.11. The van der Waals surface area contributed by atoms with Crippen LogP contribution in [0.4, 0.5) is 5.69 Å². The summed E-state index contributed by atoms with van der Waals surface area (Å²) >= 11 is 3.28. The third-order valence-electron chi connectivity index (χ3n) is 3.44. The second-order valence-corrected chi connectivity index (χ2v) is 6.08. The number of amides is 2. The zero-order chi connectivity index (χ0) is 17.3. The molecule has 0 atom stereocenters. The van der Waals surface area contributed by atoms with Crippen LogP contribution in [0, 0.1) is 0 Å². The minimum Gasteiger partial charge on any atom is -0.399 e. The van der Waals surface area contributed by atoms with Gasteiger partial charge in [-0.15, -0.1) is 0 Å². The molecule has 6 N–H and O–H groups in total. The number of halogens is 1. The van der Waals surface area contributed by atoms with Crippen molar-refractivity contribution in [2.24, 2.45) is 5.73 Å². The third-order valence-corrected chi connectivity index (χ3v) is 3.88. The highest BCUT2D eigenvalue weighted by molar-refractivity contribution is 9.10. The van der Waals surface area contributed by atoms with Crippen molar-refractivity contribution in [3.63, 3.8) is 0 Å². The van der Waals surface area contributed by atoms with Crippen LogP contribution in [0.15, 0.2) is 41.0 Å². The van der Waals surface area contributed by atoms with Gasteiger partial charge in [0, 0.05) is 23.2 Å². The van der Waals surface area contributed by atoms with Gasteiger partial charge in [-0.1, -0.05) is 0 Å². The number of rotatable bonds is 4. The Bertz CT molecular complexity index is 951. The van der Waals surface area contributed by atoms with Gasteiger partial charge < -0.3 is 21.8 Å². The lowest BCUT2D eigenvalue weighted by Crippen LogP contribution is -2.23. The maximum atomic E-state index is 12.3. The Morgan fingerprint density at radius 2 is 2.00 bits per heavy atom. The number of nitrogens with two attached hydrogens (primary N) is 2. The summed E-state index contributed by atoms with van der Waals surface area (Å²) in [5.74, 6) is -0.852. The van der Waals surface area contributed by atoms with Crippen LogP contribution in [0.5, 0.6) is 0 Å². The van der Waals surface area contributed by atoms with Gasteiger partial charge in [0.15, 0.2) is 0 Å². The van der Waals surface area contributed by atoms with E-state index in [1.54, 1.807) is 24.3 Å². The SMILES string of the molecule is NC(=O)c1cc(N)cc(CNC(=O)c2cc3ccc(Br)nc3[nH]2)c1. The fraction of sp³-hybridized carbons (Fsp3) is 0.0625. The third kappa shape index (κ3) is 3.38. The number of benzene rings is 1. The van der Waals surface area contributed by atoms with Gasteiger partial charge in [0.25, 0.3) is 5.91 Å². The molecule has 24 heavy (non-hydrogen) atoms. The molecular weight excluding hydrogens is 374 g/mol. The fourth-order valence-corrected chi connectivity index (χ4v) is 2.65. The van der Waals surface area contributed by atoms with Gasteiger partial charge in [-0.3, -0.25) is 9.59 Å². The molecule has 2 aromatic heterocycles. The number of carbonyl (C=O) groups is 2. The van der Waals surface area contributed by atoms with Gasteiger partial charge in [0.1, 0.15) is 15.9 Å².